The highest BCUT2D eigenvalue weighted by Gasteiger charge is 2.23. The largest absolute Gasteiger partial charge is 0.393 e. The van der Waals surface area contributed by atoms with Crippen molar-refractivity contribution in [1.82, 2.24) is 14.9 Å². The molecule has 2 heterocycles. The molecule has 20 heavy (non-hydrogen) atoms. The fraction of sp³-hybridized carbons (Fsp3) is 0.733. The van der Waals surface area contributed by atoms with Crippen LogP contribution in [0.2, 0.25) is 0 Å². The standard InChI is InChI=1S/C15H23N3O2/c19-13-5-2-1-4-11(13)7-8-16-15(20)12-10-17-14-6-3-9-18(12)14/h10-11,13,19H,1-9H2,(H,16,20)/t11-,13-/m0/s1. The van der Waals surface area contributed by atoms with Crippen molar-refractivity contribution in [1.29, 1.82) is 0 Å². The van der Waals surface area contributed by atoms with E-state index in [4.69, 9.17) is 0 Å². The van der Waals surface area contributed by atoms with Crippen LogP contribution in [0.5, 0.6) is 0 Å². The molecule has 2 atom stereocenters. The van der Waals surface area contributed by atoms with Crippen molar-refractivity contribution in [3.63, 3.8) is 0 Å². The van der Waals surface area contributed by atoms with Crippen LogP contribution in [0, 0.1) is 5.92 Å². The predicted octanol–water partition coefficient (Wildman–Crippen LogP) is 1.50. The third-order valence-corrected chi connectivity index (χ3v) is 4.62. The van der Waals surface area contributed by atoms with Crippen molar-refractivity contribution in [2.45, 2.75) is 57.6 Å². The molecule has 0 aromatic carbocycles. The first-order valence-electron chi connectivity index (χ1n) is 7.76. The van der Waals surface area contributed by atoms with Gasteiger partial charge in [0, 0.05) is 19.5 Å². The van der Waals surface area contributed by atoms with Gasteiger partial charge in [-0.2, -0.15) is 0 Å². The zero-order valence-electron chi connectivity index (χ0n) is 11.8. The Morgan fingerprint density at radius 1 is 1.40 bits per heavy atom. The van der Waals surface area contributed by atoms with E-state index in [2.05, 4.69) is 10.3 Å². The van der Waals surface area contributed by atoms with Crippen molar-refractivity contribution in [2.24, 2.45) is 5.92 Å². The van der Waals surface area contributed by atoms with Crippen molar-refractivity contribution in [3.8, 4) is 0 Å². The fourth-order valence-corrected chi connectivity index (χ4v) is 3.43. The minimum atomic E-state index is -0.181. The van der Waals surface area contributed by atoms with Gasteiger partial charge in [-0.05, 0) is 31.6 Å². The van der Waals surface area contributed by atoms with E-state index < -0.39 is 0 Å². The molecule has 0 spiro atoms. The Morgan fingerprint density at radius 2 is 2.25 bits per heavy atom. The van der Waals surface area contributed by atoms with Gasteiger partial charge in [0.1, 0.15) is 11.5 Å². The van der Waals surface area contributed by atoms with Gasteiger partial charge in [0.15, 0.2) is 0 Å². The Bertz CT molecular complexity index is 483. The molecule has 0 unspecified atom stereocenters. The molecule has 0 radical (unpaired) electrons. The molecule has 5 heteroatoms. The summed E-state index contributed by atoms with van der Waals surface area (Å²) in [5.41, 5.74) is 0.682. The number of rotatable bonds is 4. The maximum Gasteiger partial charge on any atom is 0.269 e. The van der Waals surface area contributed by atoms with Crippen molar-refractivity contribution < 1.29 is 9.90 Å². The summed E-state index contributed by atoms with van der Waals surface area (Å²) in [6, 6.07) is 0. The molecule has 3 rings (SSSR count). The summed E-state index contributed by atoms with van der Waals surface area (Å²) in [5.74, 6) is 1.34. The summed E-state index contributed by atoms with van der Waals surface area (Å²) >= 11 is 0. The van der Waals surface area contributed by atoms with E-state index in [9.17, 15) is 9.90 Å². The van der Waals surface area contributed by atoms with Crippen LogP contribution in [0.1, 0.15) is 54.8 Å². The minimum Gasteiger partial charge on any atom is -0.393 e. The van der Waals surface area contributed by atoms with Gasteiger partial charge >= 0.3 is 0 Å². The van der Waals surface area contributed by atoms with Crippen LogP contribution >= 0.6 is 0 Å². The SMILES string of the molecule is O=C(NCC[C@@H]1CCCC[C@@H]1O)c1cnc2n1CCC2. The molecule has 1 saturated carbocycles. The number of aliphatic hydroxyl groups excluding tert-OH is 1. The molecule has 2 aliphatic rings. The summed E-state index contributed by atoms with van der Waals surface area (Å²) in [7, 11) is 0. The maximum atomic E-state index is 12.2. The summed E-state index contributed by atoms with van der Waals surface area (Å²) in [5, 5.41) is 12.9. The van der Waals surface area contributed by atoms with Gasteiger partial charge in [0.2, 0.25) is 0 Å². The molecule has 1 aliphatic carbocycles. The first-order chi connectivity index (χ1) is 9.75. The van der Waals surface area contributed by atoms with Crippen molar-refractivity contribution in [2.75, 3.05) is 6.54 Å². The number of hydrogen-bond donors (Lipinski definition) is 2. The molecule has 1 aliphatic heterocycles. The van der Waals surface area contributed by atoms with Crippen LogP contribution in [0.15, 0.2) is 6.20 Å². The zero-order valence-corrected chi connectivity index (χ0v) is 11.8. The van der Waals surface area contributed by atoms with Crippen LogP contribution in [-0.4, -0.2) is 33.2 Å². The maximum absolute atomic E-state index is 12.2. The normalized spacial score (nSPS) is 25.4. The van der Waals surface area contributed by atoms with E-state index in [0.717, 1.165) is 50.9 Å². The average Bonchev–Trinajstić information content (AvgIpc) is 3.03. The Balaban J connectivity index is 1.49. The predicted molar refractivity (Wildman–Crippen MR) is 75.5 cm³/mol. The van der Waals surface area contributed by atoms with Crippen LogP contribution in [-0.2, 0) is 13.0 Å². The highest BCUT2D eigenvalue weighted by atomic mass is 16.3. The van der Waals surface area contributed by atoms with E-state index in [1.54, 1.807) is 6.20 Å². The number of fused-ring (bicyclic) bond motifs is 1. The van der Waals surface area contributed by atoms with E-state index in [1.165, 1.54) is 6.42 Å². The van der Waals surface area contributed by atoms with Gasteiger partial charge in [-0.1, -0.05) is 12.8 Å². The number of amides is 1. The summed E-state index contributed by atoms with van der Waals surface area (Å²) in [6.07, 6.45) is 8.75. The zero-order chi connectivity index (χ0) is 13.9. The lowest BCUT2D eigenvalue weighted by Crippen LogP contribution is -2.31. The van der Waals surface area contributed by atoms with Crippen LogP contribution < -0.4 is 5.32 Å². The Morgan fingerprint density at radius 3 is 3.10 bits per heavy atom. The van der Waals surface area contributed by atoms with E-state index in [-0.39, 0.29) is 12.0 Å². The Kier molecular flexibility index (Phi) is 4.05. The number of hydrogen-bond acceptors (Lipinski definition) is 3. The summed E-state index contributed by atoms with van der Waals surface area (Å²) < 4.78 is 2.02. The lowest BCUT2D eigenvalue weighted by molar-refractivity contribution is 0.0643. The number of aryl methyl sites for hydroxylation is 1. The minimum absolute atomic E-state index is 0.0315. The number of aliphatic hydroxyl groups is 1. The summed E-state index contributed by atoms with van der Waals surface area (Å²) in [4.78, 5) is 16.4. The molecule has 1 aromatic rings. The first kappa shape index (κ1) is 13.6. The molecule has 2 N–H and O–H groups in total. The first-order valence-corrected chi connectivity index (χ1v) is 7.76. The molecule has 5 nitrogen and oxygen atoms in total. The summed E-state index contributed by atoms with van der Waals surface area (Å²) in [6.45, 7) is 1.54. The number of nitrogens with zero attached hydrogens (tertiary/aromatic N) is 2. The molecule has 1 amide bonds. The van der Waals surface area contributed by atoms with Gasteiger partial charge in [0.05, 0.1) is 12.3 Å². The topological polar surface area (TPSA) is 67.2 Å². The van der Waals surface area contributed by atoms with E-state index in [1.807, 2.05) is 4.57 Å². The lowest BCUT2D eigenvalue weighted by atomic mass is 9.84. The highest BCUT2D eigenvalue weighted by Crippen LogP contribution is 2.26. The third kappa shape index (κ3) is 2.73. The molecule has 1 fully saturated rings. The number of imidazole rings is 1. The Hall–Kier alpha value is -1.36. The van der Waals surface area contributed by atoms with Gasteiger partial charge in [-0.25, -0.2) is 4.98 Å². The molecule has 0 saturated heterocycles. The number of carbonyl (C=O) groups excluding carboxylic acids is 1. The van der Waals surface area contributed by atoms with Crippen molar-refractivity contribution >= 4 is 5.91 Å². The fourth-order valence-electron chi connectivity index (χ4n) is 3.43. The second-order valence-electron chi connectivity index (χ2n) is 5.97. The van der Waals surface area contributed by atoms with Gasteiger partial charge in [-0.15, -0.1) is 0 Å². The van der Waals surface area contributed by atoms with E-state index >= 15 is 0 Å². The van der Waals surface area contributed by atoms with Gasteiger partial charge < -0.3 is 15.0 Å². The molecule has 0 bridgehead atoms. The van der Waals surface area contributed by atoms with Crippen molar-refractivity contribution in [3.05, 3.63) is 17.7 Å². The van der Waals surface area contributed by atoms with E-state index in [0.29, 0.717) is 18.2 Å². The highest BCUT2D eigenvalue weighted by molar-refractivity contribution is 5.92. The third-order valence-electron chi connectivity index (χ3n) is 4.62. The van der Waals surface area contributed by atoms with Crippen LogP contribution in [0.3, 0.4) is 0 Å². The number of aromatic nitrogens is 2. The smallest absolute Gasteiger partial charge is 0.269 e. The van der Waals surface area contributed by atoms with Gasteiger partial charge in [0.25, 0.3) is 5.91 Å². The average molecular weight is 277 g/mol. The molecule has 1 aromatic heterocycles. The Labute approximate surface area is 119 Å². The second kappa shape index (κ2) is 5.95. The second-order valence-corrected chi connectivity index (χ2v) is 5.97. The van der Waals surface area contributed by atoms with Crippen LogP contribution in [0.4, 0.5) is 0 Å². The van der Waals surface area contributed by atoms with Gasteiger partial charge in [-0.3, -0.25) is 4.79 Å². The lowest BCUT2D eigenvalue weighted by Gasteiger charge is -2.27. The quantitative estimate of drug-likeness (QED) is 0.876. The molecular formula is C15H23N3O2. The monoisotopic (exact) mass is 277 g/mol. The van der Waals surface area contributed by atoms with Crippen LogP contribution in [0.25, 0.3) is 0 Å². The number of nitrogens with one attached hydrogen (secondary N) is 1. The number of carbonyl (C=O) groups is 1. The molecular weight excluding hydrogens is 254 g/mol. The molecule has 110 valence electrons.